The summed E-state index contributed by atoms with van der Waals surface area (Å²) in [6.45, 7) is 0. The molecule has 0 saturated heterocycles. The van der Waals surface area contributed by atoms with E-state index in [1.807, 2.05) is 0 Å². The van der Waals surface area contributed by atoms with Gasteiger partial charge in [0.15, 0.2) is 0 Å². The molecular formula is C14H17ClFNO2. The van der Waals surface area contributed by atoms with Gasteiger partial charge in [0.25, 0.3) is 5.91 Å². The van der Waals surface area contributed by atoms with Gasteiger partial charge in [-0.1, -0.05) is 24.4 Å². The molecule has 1 fully saturated rings. The van der Waals surface area contributed by atoms with E-state index >= 15 is 0 Å². The van der Waals surface area contributed by atoms with Crippen molar-refractivity contribution in [2.75, 3.05) is 7.05 Å². The van der Waals surface area contributed by atoms with Gasteiger partial charge >= 0.3 is 0 Å². The zero-order chi connectivity index (χ0) is 14.0. The average Bonchev–Trinajstić information content (AvgIpc) is 2.38. The van der Waals surface area contributed by atoms with Crippen LogP contribution in [0.15, 0.2) is 18.2 Å². The maximum Gasteiger partial charge on any atom is 0.256 e. The molecule has 1 aromatic rings. The summed E-state index contributed by atoms with van der Waals surface area (Å²) in [7, 11) is 1.61. The molecule has 2 atom stereocenters. The Balaban J connectivity index is 2.18. The maximum atomic E-state index is 13.7. The lowest BCUT2D eigenvalue weighted by Gasteiger charge is -2.35. The molecule has 0 bridgehead atoms. The van der Waals surface area contributed by atoms with Crippen molar-refractivity contribution in [2.24, 2.45) is 0 Å². The number of carbonyl (C=O) groups is 1. The number of hydrogen-bond donors (Lipinski definition) is 1. The SMILES string of the molecule is CN(C(=O)c1ccc(Cl)cc1F)[C@H]1CCCC[C@H]1O. The molecule has 1 amide bonds. The molecule has 0 heterocycles. The first-order valence-corrected chi connectivity index (χ1v) is 6.79. The number of halogens is 2. The van der Waals surface area contributed by atoms with Gasteiger partial charge in [-0.05, 0) is 31.0 Å². The lowest BCUT2D eigenvalue weighted by Crippen LogP contribution is -2.46. The molecule has 1 N–H and O–H groups in total. The first-order valence-electron chi connectivity index (χ1n) is 6.41. The second-order valence-corrected chi connectivity index (χ2v) is 5.40. The van der Waals surface area contributed by atoms with Crippen molar-refractivity contribution >= 4 is 17.5 Å². The van der Waals surface area contributed by atoms with Crippen LogP contribution >= 0.6 is 11.6 Å². The fraction of sp³-hybridized carbons (Fsp3) is 0.500. The van der Waals surface area contributed by atoms with Gasteiger partial charge in [-0.3, -0.25) is 4.79 Å². The van der Waals surface area contributed by atoms with Gasteiger partial charge in [0.1, 0.15) is 5.82 Å². The third kappa shape index (κ3) is 3.07. The van der Waals surface area contributed by atoms with E-state index < -0.39 is 17.8 Å². The Hall–Kier alpha value is -1.13. The van der Waals surface area contributed by atoms with E-state index in [0.29, 0.717) is 6.42 Å². The largest absolute Gasteiger partial charge is 0.391 e. The summed E-state index contributed by atoms with van der Waals surface area (Å²) in [5, 5.41) is 10.2. The van der Waals surface area contributed by atoms with E-state index in [9.17, 15) is 14.3 Å². The van der Waals surface area contributed by atoms with Crippen LogP contribution in [0.25, 0.3) is 0 Å². The third-order valence-electron chi connectivity index (χ3n) is 3.67. The molecule has 1 aromatic carbocycles. The Morgan fingerprint density at radius 2 is 2.11 bits per heavy atom. The van der Waals surface area contributed by atoms with Crippen molar-refractivity contribution in [1.29, 1.82) is 0 Å². The zero-order valence-corrected chi connectivity index (χ0v) is 11.5. The molecule has 3 nitrogen and oxygen atoms in total. The second-order valence-electron chi connectivity index (χ2n) is 4.96. The highest BCUT2D eigenvalue weighted by Crippen LogP contribution is 2.24. The van der Waals surface area contributed by atoms with E-state index in [-0.39, 0.29) is 16.6 Å². The summed E-state index contributed by atoms with van der Waals surface area (Å²) < 4.78 is 13.7. The number of carbonyl (C=O) groups excluding carboxylic acids is 1. The van der Waals surface area contributed by atoms with Crippen LogP contribution in [0.1, 0.15) is 36.0 Å². The van der Waals surface area contributed by atoms with Gasteiger partial charge < -0.3 is 10.0 Å². The normalized spacial score (nSPS) is 23.2. The number of aliphatic hydroxyl groups is 1. The third-order valence-corrected chi connectivity index (χ3v) is 3.91. The fourth-order valence-corrected chi connectivity index (χ4v) is 2.71. The van der Waals surface area contributed by atoms with Crippen molar-refractivity contribution in [3.05, 3.63) is 34.6 Å². The Kier molecular flexibility index (Phi) is 4.42. The van der Waals surface area contributed by atoms with Crippen molar-refractivity contribution in [2.45, 2.75) is 37.8 Å². The predicted molar refractivity (Wildman–Crippen MR) is 71.8 cm³/mol. The first-order chi connectivity index (χ1) is 9.00. The highest BCUT2D eigenvalue weighted by atomic mass is 35.5. The molecule has 0 radical (unpaired) electrons. The fourth-order valence-electron chi connectivity index (χ4n) is 2.55. The lowest BCUT2D eigenvalue weighted by atomic mass is 9.91. The number of benzene rings is 1. The summed E-state index contributed by atoms with van der Waals surface area (Å²) in [6, 6.07) is 3.76. The number of likely N-dealkylation sites (N-methyl/N-ethyl adjacent to an activating group) is 1. The Morgan fingerprint density at radius 3 is 2.74 bits per heavy atom. The van der Waals surface area contributed by atoms with Crippen molar-refractivity contribution in [3.63, 3.8) is 0 Å². The van der Waals surface area contributed by atoms with Crippen molar-refractivity contribution < 1.29 is 14.3 Å². The van der Waals surface area contributed by atoms with E-state index in [2.05, 4.69) is 0 Å². The number of hydrogen-bond acceptors (Lipinski definition) is 2. The van der Waals surface area contributed by atoms with Crippen LogP contribution in [0.5, 0.6) is 0 Å². The minimum absolute atomic E-state index is 0.00956. The van der Waals surface area contributed by atoms with Gasteiger partial charge in [-0.25, -0.2) is 4.39 Å². The molecular weight excluding hydrogens is 269 g/mol. The van der Waals surface area contributed by atoms with Crippen LogP contribution in [-0.4, -0.2) is 35.1 Å². The van der Waals surface area contributed by atoms with E-state index in [4.69, 9.17) is 11.6 Å². The summed E-state index contributed by atoms with van der Waals surface area (Å²) in [6.07, 6.45) is 2.85. The molecule has 0 unspecified atom stereocenters. The van der Waals surface area contributed by atoms with Gasteiger partial charge in [0.2, 0.25) is 0 Å². The van der Waals surface area contributed by atoms with Crippen LogP contribution < -0.4 is 0 Å². The van der Waals surface area contributed by atoms with Crippen LogP contribution in [0.4, 0.5) is 4.39 Å². The topological polar surface area (TPSA) is 40.5 Å². The standard InChI is InChI=1S/C14H17ClFNO2/c1-17(12-4-2-3-5-13(12)18)14(19)10-7-6-9(15)8-11(10)16/h6-8,12-13,18H,2-5H2,1H3/t12-,13+/m0/s1. The number of aliphatic hydroxyl groups excluding tert-OH is 1. The highest BCUT2D eigenvalue weighted by Gasteiger charge is 2.30. The zero-order valence-electron chi connectivity index (χ0n) is 10.8. The Bertz CT molecular complexity index is 481. The molecule has 1 saturated carbocycles. The number of rotatable bonds is 2. The lowest BCUT2D eigenvalue weighted by molar-refractivity contribution is 0.0265. The Morgan fingerprint density at radius 1 is 1.42 bits per heavy atom. The molecule has 1 aliphatic rings. The average molecular weight is 286 g/mol. The van der Waals surface area contributed by atoms with Crippen molar-refractivity contribution in [3.8, 4) is 0 Å². The van der Waals surface area contributed by atoms with Crippen LogP contribution in [0, 0.1) is 5.82 Å². The molecule has 0 aliphatic heterocycles. The maximum absolute atomic E-state index is 13.7. The molecule has 0 spiro atoms. The van der Waals surface area contributed by atoms with Gasteiger partial charge in [-0.2, -0.15) is 0 Å². The molecule has 2 rings (SSSR count). The van der Waals surface area contributed by atoms with Gasteiger partial charge in [0.05, 0.1) is 17.7 Å². The number of amides is 1. The summed E-state index contributed by atoms with van der Waals surface area (Å²) >= 11 is 5.67. The Labute approximate surface area is 117 Å². The second kappa shape index (κ2) is 5.88. The molecule has 0 aromatic heterocycles. The number of nitrogens with zero attached hydrogens (tertiary/aromatic N) is 1. The molecule has 19 heavy (non-hydrogen) atoms. The van der Waals surface area contributed by atoms with Crippen LogP contribution in [0.2, 0.25) is 5.02 Å². The van der Waals surface area contributed by atoms with Gasteiger partial charge in [-0.15, -0.1) is 0 Å². The summed E-state index contributed by atoms with van der Waals surface area (Å²) in [5.74, 6) is -1.05. The first kappa shape index (κ1) is 14.3. The molecule has 1 aliphatic carbocycles. The van der Waals surface area contributed by atoms with E-state index in [1.54, 1.807) is 7.05 Å². The predicted octanol–water partition coefficient (Wildman–Crippen LogP) is 2.85. The van der Waals surface area contributed by atoms with Crippen LogP contribution in [0.3, 0.4) is 0 Å². The van der Waals surface area contributed by atoms with E-state index in [0.717, 1.165) is 25.3 Å². The minimum atomic E-state index is -0.630. The highest BCUT2D eigenvalue weighted by molar-refractivity contribution is 6.30. The monoisotopic (exact) mass is 285 g/mol. The quantitative estimate of drug-likeness (QED) is 0.908. The summed E-state index contributed by atoms with van der Waals surface area (Å²) in [4.78, 5) is 13.7. The molecule has 104 valence electrons. The van der Waals surface area contributed by atoms with E-state index in [1.165, 1.54) is 17.0 Å². The van der Waals surface area contributed by atoms with Crippen LogP contribution in [-0.2, 0) is 0 Å². The minimum Gasteiger partial charge on any atom is -0.391 e. The summed E-state index contributed by atoms with van der Waals surface area (Å²) in [5.41, 5.74) is -0.00956. The van der Waals surface area contributed by atoms with Gasteiger partial charge in [0, 0.05) is 12.1 Å². The molecule has 5 heteroatoms. The van der Waals surface area contributed by atoms with Crippen molar-refractivity contribution in [1.82, 2.24) is 4.90 Å². The smallest absolute Gasteiger partial charge is 0.256 e.